The SMILES string of the molecule is Cc1nc2cc(C)c(C3CCN(S(=O)(=O)c4cc5c(cc4F)OCC5)CC3)cn2n1. The Balaban J connectivity index is 1.38. The second-order valence-electron chi connectivity index (χ2n) is 8.04. The van der Waals surface area contributed by atoms with E-state index in [2.05, 4.69) is 10.1 Å². The van der Waals surface area contributed by atoms with Crippen LogP contribution in [0.3, 0.4) is 0 Å². The first-order valence-electron chi connectivity index (χ1n) is 10.1. The van der Waals surface area contributed by atoms with Crippen LogP contribution in [0.1, 0.15) is 41.3 Å². The zero-order valence-electron chi connectivity index (χ0n) is 16.9. The zero-order chi connectivity index (χ0) is 21.0. The van der Waals surface area contributed by atoms with Gasteiger partial charge in [0.2, 0.25) is 10.0 Å². The van der Waals surface area contributed by atoms with Gasteiger partial charge >= 0.3 is 0 Å². The molecule has 0 radical (unpaired) electrons. The van der Waals surface area contributed by atoms with Crippen LogP contribution < -0.4 is 4.74 Å². The van der Waals surface area contributed by atoms with Crippen LogP contribution in [0.25, 0.3) is 5.65 Å². The molecule has 9 heteroatoms. The molecular weight excluding hydrogens is 407 g/mol. The Kier molecular flexibility index (Phi) is 4.55. The van der Waals surface area contributed by atoms with Crippen molar-refractivity contribution in [3.05, 3.63) is 52.7 Å². The fourth-order valence-corrected chi connectivity index (χ4v) is 6.07. The van der Waals surface area contributed by atoms with Gasteiger partial charge in [-0.3, -0.25) is 0 Å². The van der Waals surface area contributed by atoms with Gasteiger partial charge in [-0.15, -0.1) is 0 Å². The monoisotopic (exact) mass is 430 g/mol. The summed E-state index contributed by atoms with van der Waals surface area (Å²) in [5.74, 6) is 0.637. The third-order valence-corrected chi connectivity index (χ3v) is 8.00. The molecule has 0 unspecified atom stereocenters. The Hall–Kier alpha value is -2.52. The van der Waals surface area contributed by atoms with Crippen LogP contribution in [0.15, 0.2) is 29.3 Å². The predicted molar refractivity (Wildman–Crippen MR) is 109 cm³/mol. The van der Waals surface area contributed by atoms with Crippen LogP contribution >= 0.6 is 0 Å². The van der Waals surface area contributed by atoms with Crippen molar-refractivity contribution >= 4 is 15.7 Å². The average Bonchev–Trinajstić information content (AvgIpc) is 3.31. The van der Waals surface area contributed by atoms with E-state index in [1.807, 2.05) is 26.1 Å². The first-order chi connectivity index (χ1) is 14.3. The summed E-state index contributed by atoms with van der Waals surface area (Å²) in [5, 5.41) is 4.39. The van der Waals surface area contributed by atoms with E-state index in [1.165, 1.54) is 16.4 Å². The van der Waals surface area contributed by atoms with E-state index in [0.717, 1.165) is 22.3 Å². The van der Waals surface area contributed by atoms with Crippen molar-refractivity contribution in [1.82, 2.24) is 18.9 Å². The number of fused-ring (bicyclic) bond motifs is 2. The van der Waals surface area contributed by atoms with Crippen molar-refractivity contribution < 1.29 is 17.5 Å². The molecule has 4 heterocycles. The van der Waals surface area contributed by atoms with Gasteiger partial charge in [-0.1, -0.05) is 0 Å². The van der Waals surface area contributed by atoms with Gasteiger partial charge in [-0.25, -0.2) is 22.3 Å². The van der Waals surface area contributed by atoms with E-state index in [-0.39, 0.29) is 10.8 Å². The molecule has 2 aromatic heterocycles. The summed E-state index contributed by atoms with van der Waals surface area (Å²) < 4.78 is 49.3. The van der Waals surface area contributed by atoms with Gasteiger partial charge in [0.15, 0.2) is 5.65 Å². The van der Waals surface area contributed by atoms with Crippen molar-refractivity contribution in [2.75, 3.05) is 19.7 Å². The molecule has 1 fully saturated rings. The number of piperidine rings is 1. The van der Waals surface area contributed by atoms with E-state index in [4.69, 9.17) is 4.74 Å². The van der Waals surface area contributed by atoms with Gasteiger partial charge in [-0.2, -0.15) is 9.40 Å². The van der Waals surface area contributed by atoms with Crippen molar-refractivity contribution in [3.63, 3.8) is 0 Å². The topological polar surface area (TPSA) is 76.8 Å². The van der Waals surface area contributed by atoms with Gasteiger partial charge in [0, 0.05) is 31.8 Å². The Bertz CT molecular complexity index is 1250. The van der Waals surface area contributed by atoms with E-state index in [1.54, 1.807) is 4.52 Å². The Labute approximate surface area is 174 Å². The van der Waals surface area contributed by atoms with Crippen LogP contribution in [-0.2, 0) is 16.4 Å². The molecule has 5 rings (SSSR count). The Morgan fingerprint density at radius 2 is 1.93 bits per heavy atom. The molecule has 0 atom stereocenters. The van der Waals surface area contributed by atoms with Gasteiger partial charge in [0.05, 0.1) is 6.61 Å². The summed E-state index contributed by atoms with van der Waals surface area (Å²) in [6.07, 6.45) is 3.95. The number of benzene rings is 1. The third kappa shape index (κ3) is 3.16. The van der Waals surface area contributed by atoms with E-state index < -0.39 is 15.8 Å². The quantitative estimate of drug-likeness (QED) is 0.639. The number of sulfonamides is 1. The molecule has 2 aliphatic rings. The molecule has 158 valence electrons. The molecule has 0 saturated carbocycles. The lowest BCUT2D eigenvalue weighted by Crippen LogP contribution is -2.38. The van der Waals surface area contributed by atoms with Gasteiger partial charge < -0.3 is 4.74 Å². The highest BCUT2D eigenvalue weighted by Crippen LogP contribution is 2.35. The van der Waals surface area contributed by atoms with Gasteiger partial charge in [-0.05, 0) is 61.4 Å². The summed E-state index contributed by atoms with van der Waals surface area (Å²) in [6, 6.07) is 4.64. The maximum absolute atomic E-state index is 14.5. The zero-order valence-corrected chi connectivity index (χ0v) is 17.7. The standard InChI is InChI=1S/C21H23FN4O3S/c1-13-9-21-23-14(2)24-26(21)12-17(13)15-3-6-25(7-4-15)30(27,28)20-10-16-5-8-29-19(16)11-18(20)22/h9-12,15H,3-8H2,1-2H3. The molecule has 30 heavy (non-hydrogen) atoms. The second kappa shape index (κ2) is 7.02. The second-order valence-corrected chi connectivity index (χ2v) is 9.95. The van der Waals surface area contributed by atoms with Gasteiger partial charge in [0.25, 0.3) is 0 Å². The van der Waals surface area contributed by atoms with Crippen LogP contribution in [0.4, 0.5) is 4.39 Å². The Morgan fingerprint density at radius 1 is 1.17 bits per heavy atom. The summed E-state index contributed by atoms with van der Waals surface area (Å²) in [4.78, 5) is 4.14. The number of hydrogen-bond acceptors (Lipinski definition) is 5. The highest BCUT2D eigenvalue weighted by atomic mass is 32.2. The first kappa shape index (κ1) is 19.4. The molecule has 0 spiro atoms. The lowest BCUT2D eigenvalue weighted by molar-refractivity contribution is 0.317. The van der Waals surface area contributed by atoms with E-state index in [0.29, 0.717) is 50.5 Å². The van der Waals surface area contributed by atoms with Crippen molar-refractivity contribution in [1.29, 1.82) is 0 Å². The van der Waals surface area contributed by atoms with Crippen molar-refractivity contribution in [2.24, 2.45) is 0 Å². The molecule has 3 aromatic rings. The summed E-state index contributed by atoms with van der Waals surface area (Å²) in [7, 11) is -3.89. The fraction of sp³-hybridized carbons (Fsp3) is 0.429. The first-order valence-corrected chi connectivity index (χ1v) is 11.6. The van der Waals surface area contributed by atoms with E-state index in [9.17, 15) is 12.8 Å². The number of hydrogen-bond donors (Lipinski definition) is 0. The Morgan fingerprint density at radius 3 is 2.70 bits per heavy atom. The number of nitrogens with zero attached hydrogens (tertiary/aromatic N) is 4. The number of aromatic nitrogens is 3. The number of halogens is 1. The van der Waals surface area contributed by atoms with Crippen LogP contribution in [0.2, 0.25) is 0 Å². The normalized spacial score (nSPS) is 18.0. The summed E-state index contributed by atoms with van der Waals surface area (Å²) in [5.41, 5.74) is 3.84. The third-order valence-electron chi connectivity index (χ3n) is 6.08. The van der Waals surface area contributed by atoms with Crippen LogP contribution in [0, 0.1) is 19.7 Å². The largest absolute Gasteiger partial charge is 0.493 e. The molecule has 7 nitrogen and oxygen atoms in total. The minimum atomic E-state index is -3.89. The number of pyridine rings is 1. The molecule has 1 saturated heterocycles. The molecule has 0 amide bonds. The molecule has 0 bridgehead atoms. The lowest BCUT2D eigenvalue weighted by atomic mass is 9.89. The van der Waals surface area contributed by atoms with Gasteiger partial charge in [0.1, 0.15) is 22.3 Å². The van der Waals surface area contributed by atoms with Crippen molar-refractivity contribution in [2.45, 2.75) is 43.9 Å². The predicted octanol–water partition coefficient (Wildman–Crippen LogP) is 2.99. The number of ether oxygens (including phenoxy) is 1. The molecule has 0 N–H and O–H groups in total. The molecular formula is C21H23FN4O3S. The van der Waals surface area contributed by atoms with Crippen LogP contribution in [0.5, 0.6) is 5.75 Å². The summed E-state index contributed by atoms with van der Waals surface area (Å²) >= 11 is 0. The fourth-order valence-electron chi connectivity index (χ4n) is 4.50. The lowest BCUT2D eigenvalue weighted by Gasteiger charge is -2.32. The van der Waals surface area contributed by atoms with Crippen LogP contribution in [-0.4, -0.2) is 47.0 Å². The van der Waals surface area contributed by atoms with Crippen molar-refractivity contribution in [3.8, 4) is 5.75 Å². The minimum absolute atomic E-state index is 0.226. The highest BCUT2D eigenvalue weighted by molar-refractivity contribution is 7.89. The molecule has 2 aliphatic heterocycles. The maximum atomic E-state index is 14.5. The number of rotatable bonds is 3. The number of aryl methyl sites for hydroxylation is 2. The molecule has 0 aliphatic carbocycles. The van der Waals surface area contributed by atoms with E-state index >= 15 is 0 Å². The molecule has 1 aromatic carbocycles. The maximum Gasteiger partial charge on any atom is 0.245 e. The minimum Gasteiger partial charge on any atom is -0.493 e. The smallest absolute Gasteiger partial charge is 0.245 e. The average molecular weight is 431 g/mol. The highest BCUT2D eigenvalue weighted by Gasteiger charge is 2.33. The summed E-state index contributed by atoms with van der Waals surface area (Å²) in [6.45, 7) is 5.07.